The molecule has 0 N–H and O–H groups in total. The summed E-state index contributed by atoms with van der Waals surface area (Å²) in [4.78, 5) is 11.3. The van der Waals surface area contributed by atoms with E-state index in [1.54, 1.807) is 0 Å². The first kappa shape index (κ1) is 21.1. The van der Waals surface area contributed by atoms with Crippen LogP contribution in [-0.4, -0.2) is 27.3 Å². The quantitative estimate of drug-likeness (QED) is 0.461. The number of aldehydes is 1. The molecule has 0 amide bonds. The fraction of sp³-hybridized carbons (Fsp3) is 0.650. The molecule has 0 fully saturated rings. The van der Waals surface area contributed by atoms with Crippen molar-refractivity contribution < 1.29 is 14.0 Å². The highest BCUT2D eigenvalue weighted by Gasteiger charge is 2.38. The second-order valence-electron chi connectivity index (χ2n) is 8.31. The van der Waals surface area contributed by atoms with Crippen LogP contribution in [0.1, 0.15) is 40.2 Å². The first-order valence-electron chi connectivity index (χ1n) is 8.83. The number of rotatable bonds is 9. The molecule has 0 aliphatic carbocycles. The van der Waals surface area contributed by atoms with Crippen LogP contribution < -0.4 is 0 Å². The molecule has 1 aromatic carbocycles. The molecule has 3 atom stereocenters. The SMILES string of the molecule is C[C@@H](C=O)[C@H](OCc1ccccc1)[C@@H](C)CO[Si](C)(C)C(C)(C)C. The molecule has 0 spiro atoms. The summed E-state index contributed by atoms with van der Waals surface area (Å²) in [5, 5.41) is 0.184. The summed E-state index contributed by atoms with van der Waals surface area (Å²) in [6, 6.07) is 10.1. The van der Waals surface area contributed by atoms with Gasteiger partial charge in [0, 0.05) is 18.4 Å². The van der Waals surface area contributed by atoms with Crippen LogP contribution in [0.4, 0.5) is 0 Å². The number of benzene rings is 1. The molecule has 1 aromatic rings. The summed E-state index contributed by atoms with van der Waals surface area (Å²) >= 11 is 0. The number of hydrogen-bond acceptors (Lipinski definition) is 3. The minimum atomic E-state index is -1.79. The minimum absolute atomic E-state index is 0.132. The maximum absolute atomic E-state index is 11.3. The Morgan fingerprint density at radius 1 is 1.12 bits per heavy atom. The molecular weight excluding hydrogens is 316 g/mol. The number of carbonyl (C=O) groups excluding carboxylic acids is 1. The van der Waals surface area contributed by atoms with E-state index in [1.807, 2.05) is 37.3 Å². The first-order chi connectivity index (χ1) is 11.1. The minimum Gasteiger partial charge on any atom is -0.416 e. The van der Waals surface area contributed by atoms with Crippen molar-refractivity contribution in [3.05, 3.63) is 35.9 Å². The van der Waals surface area contributed by atoms with Crippen molar-refractivity contribution in [2.24, 2.45) is 11.8 Å². The summed E-state index contributed by atoms with van der Waals surface area (Å²) in [6.07, 6.45) is 0.853. The second-order valence-corrected chi connectivity index (χ2v) is 13.1. The Morgan fingerprint density at radius 3 is 2.21 bits per heavy atom. The highest BCUT2D eigenvalue weighted by molar-refractivity contribution is 6.74. The molecule has 1 rings (SSSR count). The van der Waals surface area contributed by atoms with Gasteiger partial charge in [-0.1, -0.05) is 65.0 Å². The molecule has 0 aliphatic heterocycles. The maximum atomic E-state index is 11.3. The van der Waals surface area contributed by atoms with Gasteiger partial charge in [-0.05, 0) is 23.7 Å². The monoisotopic (exact) mass is 350 g/mol. The van der Waals surface area contributed by atoms with Gasteiger partial charge in [-0.25, -0.2) is 0 Å². The summed E-state index contributed by atoms with van der Waals surface area (Å²) in [5.41, 5.74) is 1.12. The lowest BCUT2D eigenvalue weighted by molar-refractivity contribution is -0.118. The Kier molecular flexibility index (Phi) is 7.84. The smallest absolute Gasteiger partial charge is 0.191 e. The third-order valence-corrected chi connectivity index (χ3v) is 9.59. The highest BCUT2D eigenvalue weighted by Crippen LogP contribution is 2.37. The molecule has 4 heteroatoms. The van der Waals surface area contributed by atoms with E-state index in [-0.39, 0.29) is 23.0 Å². The van der Waals surface area contributed by atoms with Crippen LogP contribution in [0.25, 0.3) is 0 Å². The van der Waals surface area contributed by atoms with Crippen molar-refractivity contribution in [1.82, 2.24) is 0 Å². The molecular formula is C20H34O3Si. The fourth-order valence-corrected chi connectivity index (χ4v) is 3.44. The molecule has 3 nitrogen and oxygen atoms in total. The van der Waals surface area contributed by atoms with Crippen LogP contribution in [0.2, 0.25) is 18.1 Å². The zero-order valence-corrected chi connectivity index (χ0v) is 17.3. The average molecular weight is 351 g/mol. The number of hydrogen-bond donors (Lipinski definition) is 0. The van der Waals surface area contributed by atoms with E-state index < -0.39 is 8.32 Å². The highest BCUT2D eigenvalue weighted by atomic mass is 28.4. The van der Waals surface area contributed by atoms with Crippen molar-refractivity contribution >= 4 is 14.6 Å². The van der Waals surface area contributed by atoms with Gasteiger partial charge in [0.1, 0.15) is 6.29 Å². The van der Waals surface area contributed by atoms with Crippen molar-refractivity contribution in [3.63, 3.8) is 0 Å². The van der Waals surface area contributed by atoms with Crippen molar-refractivity contribution in [1.29, 1.82) is 0 Å². The van der Waals surface area contributed by atoms with Gasteiger partial charge >= 0.3 is 0 Å². The van der Waals surface area contributed by atoms with Gasteiger partial charge in [0.15, 0.2) is 8.32 Å². The van der Waals surface area contributed by atoms with E-state index in [4.69, 9.17) is 9.16 Å². The van der Waals surface area contributed by atoms with Gasteiger partial charge in [0.2, 0.25) is 0 Å². The summed E-state index contributed by atoms with van der Waals surface area (Å²) in [6.45, 7) is 16.4. The molecule has 0 bridgehead atoms. The van der Waals surface area contributed by atoms with Crippen LogP contribution >= 0.6 is 0 Å². The van der Waals surface area contributed by atoms with Gasteiger partial charge < -0.3 is 14.0 Å². The molecule has 0 saturated carbocycles. The van der Waals surface area contributed by atoms with Crippen LogP contribution in [-0.2, 0) is 20.6 Å². The molecule has 24 heavy (non-hydrogen) atoms. The van der Waals surface area contributed by atoms with Gasteiger partial charge in [0.25, 0.3) is 0 Å². The van der Waals surface area contributed by atoms with E-state index in [0.717, 1.165) is 11.8 Å². The van der Waals surface area contributed by atoms with Crippen molar-refractivity contribution in [2.75, 3.05) is 6.61 Å². The van der Waals surface area contributed by atoms with E-state index in [0.29, 0.717) is 13.2 Å². The van der Waals surface area contributed by atoms with Gasteiger partial charge in [-0.2, -0.15) is 0 Å². The Bertz CT molecular complexity index is 493. The van der Waals surface area contributed by atoms with Crippen LogP contribution in [0.15, 0.2) is 30.3 Å². The fourth-order valence-electron chi connectivity index (χ4n) is 2.33. The summed E-state index contributed by atoms with van der Waals surface area (Å²) in [5.74, 6) is 0.0229. The lowest BCUT2D eigenvalue weighted by Crippen LogP contribution is -2.43. The Morgan fingerprint density at radius 2 is 1.71 bits per heavy atom. The summed E-state index contributed by atoms with van der Waals surface area (Å²) in [7, 11) is -1.79. The topological polar surface area (TPSA) is 35.5 Å². The Hall–Kier alpha value is -0.973. The predicted octanol–water partition coefficient (Wildman–Crippen LogP) is 5.06. The van der Waals surface area contributed by atoms with Gasteiger partial charge in [-0.15, -0.1) is 0 Å². The first-order valence-corrected chi connectivity index (χ1v) is 11.7. The Labute approximate surface area is 148 Å². The third-order valence-electron chi connectivity index (χ3n) is 5.09. The molecule has 0 aliphatic rings. The van der Waals surface area contributed by atoms with Gasteiger partial charge in [-0.3, -0.25) is 0 Å². The van der Waals surface area contributed by atoms with Crippen molar-refractivity contribution in [3.8, 4) is 0 Å². The lowest BCUT2D eigenvalue weighted by Gasteiger charge is -2.38. The predicted molar refractivity (Wildman–Crippen MR) is 103 cm³/mol. The van der Waals surface area contributed by atoms with Crippen LogP contribution in [0.5, 0.6) is 0 Å². The average Bonchev–Trinajstić information content (AvgIpc) is 2.52. The third kappa shape index (κ3) is 6.15. The standard InChI is InChI=1S/C20H34O3Si/c1-16(13-21)19(22-15-18-11-9-8-10-12-18)17(2)14-23-24(6,7)20(3,4)5/h8-13,16-17,19H,14-15H2,1-7H3/t16-,17-,19-/m0/s1. The maximum Gasteiger partial charge on any atom is 0.191 e. The number of carbonyl (C=O) groups is 1. The second kappa shape index (κ2) is 8.93. The zero-order valence-electron chi connectivity index (χ0n) is 16.3. The van der Waals surface area contributed by atoms with E-state index in [9.17, 15) is 4.79 Å². The zero-order chi connectivity index (χ0) is 18.4. The van der Waals surface area contributed by atoms with E-state index in [2.05, 4.69) is 40.8 Å². The lowest BCUT2D eigenvalue weighted by atomic mass is 9.95. The van der Waals surface area contributed by atoms with E-state index >= 15 is 0 Å². The van der Waals surface area contributed by atoms with Gasteiger partial charge in [0.05, 0.1) is 12.7 Å². The van der Waals surface area contributed by atoms with Crippen LogP contribution in [0.3, 0.4) is 0 Å². The molecule has 0 radical (unpaired) electrons. The summed E-state index contributed by atoms with van der Waals surface area (Å²) < 4.78 is 12.4. The normalized spacial score (nSPS) is 16.5. The van der Waals surface area contributed by atoms with E-state index in [1.165, 1.54) is 0 Å². The molecule has 0 saturated heterocycles. The molecule has 136 valence electrons. The largest absolute Gasteiger partial charge is 0.416 e. The molecule has 0 heterocycles. The van der Waals surface area contributed by atoms with Crippen molar-refractivity contribution in [2.45, 2.75) is 65.5 Å². The van der Waals surface area contributed by atoms with Crippen LogP contribution in [0, 0.1) is 11.8 Å². The molecule has 0 aromatic heterocycles. The molecule has 0 unspecified atom stereocenters. The number of ether oxygens (including phenoxy) is 1. The Balaban J connectivity index is 2.68.